The molecule has 1 atom stereocenters. The van der Waals surface area contributed by atoms with Crippen molar-refractivity contribution in [2.75, 3.05) is 0 Å². The molecule has 0 aliphatic heterocycles. The van der Waals surface area contributed by atoms with Gasteiger partial charge in [0.25, 0.3) is 0 Å². The lowest BCUT2D eigenvalue weighted by atomic mass is 10.00. The van der Waals surface area contributed by atoms with Crippen molar-refractivity contribution < 1.29 is 13.2 Å². The van der Waals surface area contributed by atoms with Gasteiger partial charge in [-0.2, -0.15) is 13.2 Å². The van der Waals surface area contributed by atoms with Crippen LogP contribution < -0.4 is 5.73 Å². The Morgan fingerprint density at radius 3 is 2.31 bits per heavy atom. The summed E-state index contributed by atoms with van der Waals surface area (Å²) in [5.74, 6) is 0. The number of nitrogens with zero attached hydrogens (tertiary/aromatic N) is 1. The highest BCUT2D eigenvalue weighted by molar-refractivity contribution is 7.09. The lowest BCUT2D eigenvalue weighted by Crippen LogP contribution is -2.47. The predicted molar refractivity (Wildman–Crippen MR) is 44.4 cm³/mol. The molecule has 2 N–H and O–H groups in total. The summed E-state index contributed by atoms with van der Waals surface area (Å²) in [7, 11) is 0. The van der Waals surface area contributed by atoms with Crippen LogP contribution in [0.5, 0.6) is 0 Å². The van der Waals surface area contributed by atoms with Gasteiger partial charge in [0.05, 0.1) is 10.7 Å². The molecule has 1 heterocycles. The third kappa shape index (κ3) is 1.83. The van der Waals surface area contributed by atoms with Crippen LogP contribution >= 0.6 is 11.3 Å². The van der Waals surface area contributed by atoms with E-state index in [0.717, 1.165) is 18.3 Å². The fourth-order valence-corrected chi connectivity index (χ4v) is 1.48. The van der Waals surface area contributed by atoms with Crippen LogP contribution in [0.2, 0.25) is 0 Å². The van der Waals surface area contributed by atoms with Crippen molar-refractivity contribution in [2.24, 2.45) is 5.73 Å². The summed E-state index contributed by atoms with van der Waals surface area (Å²) in [5.41, 5.74) is 2.68. The molecule has 1 unspecified atom stereocenters. The van der Waals surface area contributed by atoms with Crippen LogP contribution in [0.1, 0.15) is 17.6 Å². The van der Waals surface area contributed by atoms with Crippen molar-refractivity contribution in [1.82, 2.24) is 4.98 Å². The predicted octanol–water partition coefficient (Wildman–Crippen LogP) is 2.19. The van der Waals surface area contributed by atoms with Crippen molar-refractivity contribution in [3.05, 3.63) is 16.1 Å². The Morgan fingerprint density at radius 1 is 1.46 bits per heavy atom. The number of aromatic nitrogens is 1. The molecular formula is C7H9F3N2S. The first-order chi connectivity index (χ1) is 5.75. The molecule has 0 fully saturated rings. The van der Waals surface area contributed by atoms with Crippen molar-refractivity contribution in [1.29, 1.82) is 0 Å². The van der Waals surface area contributed by atoms with E-state index in [-0.39, 0.29) is 5.69 Å². The molecule has 1 rings (SSSR count). The smallest absolute Gasteiger partial charge is 0.313 e. The van der Waals surface area contributed by atoms with E-state index in [1.165, 1.54) is 5.38 Å². The molecule has 2 nitrogen and oxygen atoms in total. The van der Waals surface area contributed by atoms with E-state index in [9.17, 15) is 13.2 Å². The van der Waals surface area contributed by atoms with E-state index in [4.69, 9.17) is 5.73 Å². The number of halogens is 3. The van der Waals surface area contributed by atoms with Gasteiger partial charge in [0.2, 0.25) is 0 Å². The minimum atomic E-state index is -4.46. The van der Waals surface area contributed by atoms with Gasteiger partial charge in [0, 0.05) is 5.38 Å². The van der Waals surface area contributed by atoms with Crippen LogP contribution in [-0.4, -0.2) is 11.2 Å². The van der Waals surface area contributed by atoms with Gasteiger partial charge < -0.3 is 5.73 Å². The minimum Gasteiger partial charge on any atom is -0.313 e. The van der Waals surface area contributed by atoms with Gasteiger partial charge in [0.1, 0.15) is 0 Å². The Morgan fingerprint density at radius 2 is 2.00 bits per heavy atom. The maximum absolute atomic E-state index is 12.4. The first kappa shape index (κ1) is 10.5. The zero-order valence-electron chi connectivity index (χ0n) is 7.14. The van der Waals surface area contributed by atoms with Crippen LogP contribution in [0.4, 0.5) is 13.2 Å². The molecule has 0 radical (unpaired) electrons. The number of hydrogen-bond donors (Lipinski definition) is 1. The molecule has 1 aromatic rings. The average molecular weight is 210 g/mol. The first-order valence-electron chi connectivity index (χ1n) is 3.53. The molecule has 1 aromatic heterocycles. The van der Waals surface area contributed by atoms with Crippen molar-refractivity contribution in [3.63, 3.8) is 0 Å². The Balaban J connectivity index is 3.07. The maximum atomic E-state index is 12.4. The van der Waals surface area contributed by atoms with Gasteiger partial charge >= 0.3 is 6.18 Å². The summed E-state index contributed by atoms with van der Waals surface area (Å²) in [6.45, 7) is 2.56. The number of hydrogen-bond acceptors (Lipinski definition) is 3. The summed E-state index contributed by atoms with van der Waals surface area (Å²) in [6, 6.07) is 0. The van der Waals surface area contributed by atoms with Crippen LogP contribution in [0.25, 0.3) is 0 Å². The molecule has 13 heavy (non-hydrogen) atoms. The summed E-state index contributed by atoms with van der Waals surface area (Å²) >= 11 is 1.16. The zero-order valence-corrected chi connectivity index (χ0v) is 7.96. The highest BCUT2D eigenvalue weighted by Crippen LogP contribution is 2.36. The van der Waals surface area contributed by atoms with Gasteiger partial charge in [-0.1, -0.05) is 0 Å². The third-order valence-corrected chi connectivity index (χ3v) is 2.51. The molecular weight excluding hydrogens is 201 g/mol. The maximum Gasteiger partial charge on any atom is 0.411 e. The molecule has 0 saturated carbocycles. The molecule has 0 amide bonds. The van der Waals surface area contributed by atoms with Crippen molar-refractivity contribution in [3.8, 4) is 0 Å². The van der Waals surface area contributed by atoms with Gasteiger partial charge in [-0.05, 0) is 13.8 Å². The Labute approximate surface area is 77.6 Å². The van der Waals surface area contributed by atoms with Gasteiger partial charge in [-0.15, -0.1) is 11.3 Å². The highest BCUT2D eigenvalue weighted by Gasteiger charge is 2.50. The van der Waals surface area contributed by atoms with Crippen LogP contribution in [0, 0.1) is 6.92 Å². The third-order valence-electron chi connectivity index (χ3n) is 1.74. The summed E-state index contributed by atoms with van der Waals surface area (Å²) in [5, 5.41) is 1.92. The van der Waals surface area contributed by atoms with Gasteiger partial charge in [0.15, 0.2) is 5.54 Å². The standard InChI is InChI=1S/C7H9F3N2S/c1-4-12-5(3-13-4)6(2,11)7(8,9)10/h3H,11H2,1-2H3. The Hall–Kier alpha value is -0.620. The first-order valence-corrected chi connectivity index (χ1v) is 4.41. The number of alkyl halides is 3. The molecule has 0 spiro atoms. The second-order valence-electron chi connectivity index (χ2n) is 2.95. The summed E-state index contributed by atoms with van der Waals surface area (Å²) in [4.78, 5) is 3.72. The average Bonchev–Trinajstić information content (AvgIpc) is 2.33. The van der Waals surface area contributed by atoms with E-state index in [1.807, 2.05) is 0 Å². The second-order valence-corrected chi connectivity index (χ2v) is 4.01. The van der Waals surface area contributed by atoms with Crippen LogP contribution in [0.3, 0.4) is 0 Å². The topological polar surface area (TPSA) is 38.9 Å². The van der Waals surface area contributed by atoms with E-state index >= 15 is 0 Å². The molecule has 0 saturated heterocycles. The quantitative estimate of drug-likeness (QED) is 0.771. The monoisotopic (exact) mass is 210 g/mol. The molecule has 0 aliphatic rings. The molecule has 74 valence electrons. The highest BCUT2D eigenvalue weighted by atomic mass is 32.1. The summed E-state index contributed by atoms with van der Waals surface area (Å²) in [6.07, 6.45) is -4.46. The molecule has 0 aromatic carbocycles. The lowest BCUT2D eigenvalue weighted by Gasteiger charge is -2.25. The number of rotatable bonds is 1. The van der Waals surface area contributed by atoms with E-state index in [1.54, 1.807) is 6.92 Å². The fourth-order valence-electron chi connectivity index (χ4n) is 0.747. The van der Waals surface area contributed by atoms with E-state index in [0.29, 0.717) is 5.01 Å². The van der Waals surface area contributed by atoms with Crippen LogP contribution in [-0.2, 0) is 5.54 Å². The van der Waals surface area contributed by atoms with Crippen LogP contribution in [0.15, 0.2) is 5.38 Å². The lowest BCUT2D eigenvalue weighted by molar-refractivity contribution is -0.185. The van der Waals surface area contributed by atoms with E-state index < -0.39 is 11.7 Å². The molecule has 0 bridgehead atoms. The number of thiazole rings is 1. The zero-order chi connectivity index (χ0) is 10.3. The van der Waals surface area contributed by atoms with Crippen molar-refractivity contribution in [2.45, 2.75) is 25.6 Å². The Kier molecular flexibility index (Phi) is 2.38. The Bertz CT molecular complexity index is 303. The molecule has 6 heteroatoms. The van der Waals surface area contributed by atoms with E-state index in [2.05, 4.69) is 4.98 Å². The summed E-state index contributed by atoms with van der Waals surface area (Å²) < 4.78 is 37.1. The SMILES string of the molecule is Cc1nc(C(C)(N)C(F)(F)F)cs1. The normalized spacial score (nSPS) is 17.1. The van der Waals surface area contributed by atoms with Gasteiger partial charge in [-0.3, -0.25) is 0 Å². The van der Waals surface area contributed by atoms with Crippen molar-refractivity contribution >= 4 is 11.3 Å². The number of aryl methyl sites for hydroxylation is 1. The number of nitrogens with two attached hydrogens (primary N) is 1. The minimum absolute atomic E-state index is 0.123. The second kappa shape index (κ2) is 2.95. The largest absolute Gasteiger partial charge is 0.411 e. The van der Waals surface area contributed by atoms with Gasteiger partial charge in [-0.25, -0.2) is 4.98 Å². The molecule has 0 aliphatic carbocycles. The fraction of sp³-hybridized carbons (Fsp3) is 0.571.